The molecule has 0 aliphatic heterocycles. The van der Waals surface area contributed by atoms with E-state index in [-0.39, 0.29) is 0 Å². The van der Waals surface area contributed by atoms with E-state index in [1.807, 2.05) is 48.5 Å². The zero-order valence-electron chi connectivity index (χ0n) is 14.5. The Morgan fingerprint density at radius 1 is 1.20 bits per heavy atom. The number of benzene rings is 2. The second-order valence-electron chi connectivity index (χ2n) is 6.33. The van der Waals surface area contributed by atoms with Gasteiger partial charge in [-0.1, -0.05) is 35.9 Å². The molecular formula is C19H21ClN2O3. The van der Waals surface area contributed by atoms with Gasteiger partial charge in [-0.3, -0.25) is 0 Å². The zero-order chi connectivity index (χ0) is 18.3. The van der Waals surface area contributed by atoms with E-state index >= 15 is 0 Å². The van der Waals surface area contributed by atoms with Gasteiger partial charge in [-0.15, -0.1) is 0 Å². The molecule has 0 spiro atoms. The number of carbonyl (C=O) groups is 1. The summed E-state index contributed by atoms with van der Waals surface area (Å²) in [5.74, 6) is 0.650. The molecule has 6 heteroatoms. The number of ether oxygens (including phenoxy) is 2. The highest BCUT2D eigenvalue weighted by Gasteiger charge is 2.15. The van der Waals surface area contributed by atoms with Crippen LogP contribution in [0.3, 0.4) is 0 Å². The van der Waals surface area contributed by atoms with Gasteiger partial charge in [-0.05, 0) is 50.6 Å². The number of hydrogen-bond donors (Lipinski definition) is 1. The second kappa shape index (κ2) is 8.53. The molecule has 2 rings (SSSR count). The van der Waals surface area contributed by atoms with Crippen molar-refractivity contribution in [2.45, 2.75) is 33.0 Å². The van der Waals surface area contributed by atoms with Gasteiger partial charge < -0.3 is 9.47 Å². The van der Waals surface area contributed by atoms with Crippen molar-refractivity contribution < 1.29 is 14.3 Å². The third-order valence-corrected chi connectivity index (χ3v) is 3.20. The summed E-state index contributed by atoms with van der Waals surface area (Å²) in [7, 11) is 0. The molecule has 2 aromatic carbocycles. The minimum absolute atomic E-state index is 0.380. The minimum Gasteiger partial charge on any atom is -0.488 e. The Bertz CT molecular complexity index is 754. The van der Waals surface area contributed by atoms with Crippen LogP contribution in [0, 0.1) is 0 Å². The van der Waals surface area contributed by atoms with Crippen LogP contribution in [0.5, 0.6) is 5.75 Å². The second-order valence-corrected chi connectivity index (χ2v) is 6.76. The van der Waals surface area contributed by atoms with Crippen molar-refractivity contribution in [2.75, 3.05) is 0 Å². The van der Waals surface area contributed by atoms with Crippen LogP contribution in [-0.4, -0.2) is 17.9 Å². The lowest BCUT2D eigenvalue weighted by molar-refractivity contribution is 0.0529. The normalized spacial score (nSPS) is 11.4. The summed E-state index contributed by atoms with van der Waals surface area (Å²) in [5, 5.41) is 4.57. The van der Waals surface area contributed by atoms with Crippen LogP contribution in [0.4, 0.5) is 4.79 Å². The lowest BCUT2D eigenvalue weighted by Gasteiger charge is -2.18. The lowest BCUT2D eigenvalue weighted by atomic mass is 10.2. The Balaban J connectivity index is 1.98. The van der Waals surface area contributed by atoms with Gasteiger partial charge in [0.1, 0.15) is 18.0 Å². The third-order valence-electron chi connectivity index (χ3n) is 2.96. The van der Waals surface area contributed by atoms with Crippen molar-refractivity contribution in [3.05, 3.63) is 64.7 Å². The van der Waals surface area contributed by atoms with E-state index in [0.717, 1.165) is 11.1 Å². The standard InChI is InChI=1S/C19H21ClN2O3/c1-19(2,3)25-18(23)22-21-12-15-8-4-5-10-17(15)24-13-14-7-6-9-16(20)11-14/h4-12H,13H2,1-3H3,(H,22,23)/b21-12-. The third kappa shape index (κ3) is 6.85. The molecule has 0 heterocycles. The SMILES string of the molecule is CC(C)(C)OC(=O)N/N=C\c1ccccc1OCc1cccc(Cl)c1. The first-order chi connectivity index (χ1) is 11.8. The Kier molecular flexibility index (Phi) is 6.42. The highest BCUT2D eigenvalue weighted by molar-refractivity contribution is 6.30. The van der Waals surface area contributed by atoms with Gasteiger partial charge in [0.05, 0.1) is 6.21 Å². The number of nitrogens with one attached hydrogen (secondary N) is 1. The minimum atomic E-state index is -0.610. The molecule has 2 aromatic rings. The van der Waals surface area contributed by atoms with E-state index in [4.69, 9.17) is 21.1 Å². The van der Waals surface area contributed by atoms with Crippen molar-refractivity contribution in [3.63, 3.8) is 0 Å². The molecule has 0 saturated carbocycles. The van der Waals surface area contributed by atoms with Crippen molar-refractivity contribution in [1.82, 2.24) is 5.43 Å². The van der Waals surface area contributed by atoms with E-state index < -0.39 is 11.7 Å². The summed E-state index contributed by atoms with van der Waals surface area (Å²) in [5.41, 5.74) is 3.46. The highest BCUT2D eigenvalue weighted by atomic mass is 35.5. The highest BCUT2D eigenvalue weighted by Crippen LogP contribution is 2.19. The van der Waals surface area contributed by atoms with E-state index in [2.05, 4.69) is 10.5 Å². The molecule has 0 fully saturated rings. The van der Waals surface area contributed by atoms with Gasteiger partial charge in [0.2, 0.25) is 0 Å². The summed E-state index contributed by atoms with van der Waals surface area (Å²) in [6.45, 7) is 5.74. The largest absolute Gasteiger partial charge is 0.488 e. The summed E-state index contributed by atoms with van der Waals surface area (Å²) >= 11 is 5.97. The van der Waals surface area contributed by atoms with Gasteiger partial charge in [-0.25, -0.2) is 10.2 Å². The van der Waals surface area contributed by atoms with Crippen LogP contribution in [0.15, 0.2) is 53.6 Å². The van der Waals surface area contributed by atoms with E-state index in [1.165, 1.54) is 6.21 Å². The van der Waals surface area contributed by atoms with Crippen LogP contribution in [-0.2, 0) is 11.3 Å². The van der Waals surface area contributed by atoms with Gasteiger partial charge in [0.25, 0.3) is 0 Å². The maximum absolute atomic E-state index is 11.6. The molecule has 0 aliphatic rings. The first kappa shape index (κ1) is 18.8. The summed E-state index contributed by atoms with van der Waals surface area (Å²) in [6.07, 6.45) is 0.901. The van der Waals surface area contributed by atoms with Crippen molar-refractivity contribution in [2.24, 2.45) is 5.10 Å². The van der Waals surface area contributed by atoms with E-state index in [1.54, 1.807) is 20.8 Å². The number of amides is 1. The van der Waals surface area contributed by atoms with Crippen LogP contribution >= 0.6 is 11.6 Å². The average molecular weight is 361 g/mol. The number of hydrogen-bond acceptors (Lipinski definition) is 4. The molecular weight excluding hydrogens is 340 g/mol. The van der Waals surface area contributed by atoms with Gasteiger partial charge in [0, 0.05) is 10.6 Å². The van der Waals surface area contributed by atoms with Crippen LogP contribution in [0.2, 0.25) is 5.02 Å². The molecule has 0 radical (unpaired) electrons. The Hall–Kier alpha value is -2.53. The molecule has 25 heavy (non-hydrogen) atoms. The maximum Gasteiger partial charge on any atom is 0.428 e. The van der Waals surface area contributed by atoms with E-state index in [9.17, 15) is 4.79 Å². The van der Waals surface area contributed by atoms with Gasteiger partial charge >= 0.3 is 6.09 Å². The van der Waals surface area contributed by atoms with E-state index in [0.29, 0.717) is 17.4 Å². The first-order valence-corrected chi connectivity index (χ1v) is 8.19. The summed E-state index contributed by atoms with van der Waals surface area (Å²) < 4.78 is 10.9. The van der Waals surface area contributed by atoms with Gasteiger partial charge in [0.15, 0.2) is 0 Å². The molecule has 0 bridgehead atoms. The molecule has 0 saturated heterocycles. The number of hydrazone groups is 1. The summed E-state index contributed by atoms with van der Waals surface area (Å²) in [6, 6.07) is 14.9. The molecule has 5 nitrogen and oxygen atoms in total. The Morgan fingerprint density at radius 3 is 2.68 bits per heavy atom. The Labute approximate surface area is 152 Å². The van der Waals surface area contributed by atoms with Crippen molar-refractivity contribution >= 4 is 23.9 Å². The topological polar surface area (TPSA) is 59.9 Å². The van der Waals surface area contributed by atoms with Crippen LogP contribution < -0.4 is 10.2 Å². The molecule has 0 aromatic heterocycles. The molecule has 1 N–H and O–H groups in total. The monoisotopic (exact) mass is 360 g/mol. The Morgan fingerprint density at radius 2 is 1.96 bits per heavy atom. The van der Waals surface area contributed by atoms with Crippen LogP contribution in [0.25, 0.3) is 0 Å². The molecule has 132 valence electrons. The fourth-order valence-electron chi connectivity index (χ4n) is 1.96. The quantitative estimate of drug-likeness (QED) is 0.616. The molecule has 0 atom stereocenters. The lowest BCUT2D eigenvalue weighted by Crippen LogP contribution is -2.29. The van der Waals surface area contributed by atoms with Crippen LogP contribution in [0.1, 0.15) is 31.9 Å². The number of halogens is 1. The number of nitrogens with zero attached hydrogens (tertiary/aromatic N) is 1. The number of para-hydroxylation sites is 1. The maximum atomic E-state index is 11.6. The fourth-order valence-corrected chi connectivity index (χ4v) is 2.17. The van der Waals surface area contributed by atoms with Gasteiger partial charge in [-0.2, -0.15) is 5.10 Å². The number of carbonyl (C=O) groups excluding carboxylic acids is 1. The molecule has 1 amide bonds. The zero-order valence-corrected chi connectivity index (χ0v) is 15.2. The average Bonchev–Trinajstić information content (AvgIpc) is 2.52. The smallest absolute Gasteiger partial charge is 0.428 e. The summed E-state index contributed by atoms with van der Waals surface area (Å²) in [4.78, 5) is 11.6. The first-order valence-electron chi connectivity index (χ1n) is 7.82. The fraction of sp³-hybridized carbons (Fsp3) is 0.263. The molecule has 0 unspecified atom stereocenters. The number of rotatable bonds is 5. The van der Waals surface area contributed by atoms with Crippen molar-refractivity contribution in [3.8, 4) is 5.75 Å². The van der Waals surface area contributed by atoms with Crippen molar-refractivity contribution in [1.29, 1.82) is 0 Å². The molecule has 0 aliphatic carbocycles. The predicted octanol–water partition coefficient (Wildman–Crippen LogP) is 4.78. The predicted molar refractivity (Wildman–Crippen MR) is 99.2 cm³/mol.